The van der Waals surface area contributed by atoms with Gasteiger partial charge in [0.2, 0.25) is 5.91 Å². The SMILES string of the molecule is CCOc1cc2c(c(F)c1OCC)C(=N)N(CC(=O)c1cc(C(C)(C)C)c3ncn(CC(N)=O)c3c1)C2. The minimum Gasteiger partial charge on any atom is -0.490 e. The fraction of sp³-hybridized carbons (Fsp3) is 0.407. The smallest absolute Gasteiger partial charge is 0.237 e. The van der Waals surface area contributed by atoms with E-state index in [2.05, 4.69) is 4.98 Å². The van der Waals surface area contributed by atoms with Gasteiger partial charge in [-0.3, -0.25) is 15.0 Å². The van der Waals surface area contributed by atoms with Crippen molar-refractivity contribution in [2.75, 3.05) is 19.8 Å². The van der Waals surface area contributed by atoms with E-state index < -0.39 is 11.7 Å². The molecule has 0 aliphatic carbocycles. The number of Topliss-reactive ketones (excluding diaryl/α,β-unsaturated/α-hetero) is 1. The summed E-state index contributed by atoms with van der Waals surface area (Å²) in [6.07, 6.45) is 1.54. The van der Waals surface area contributed by atoms with Gasteiger partial charge in [0.05, 0.1) is 42.7 Å². The molecule has 2 heterocycles. The van der Waals surface area contributed by atoms with E-state index in [0.717, 1.165) is 5.56 Å². The summed E-state index contributed by atoms with van der Waals surface area (Å²) in [5.41, 5.74) is 8.34. The largest absolute Gasteiger partial charge is 0.490 e. The Morgan fingerprint density at radius 3 is 2.46 bits per heavy atom. The first kappa shape index (κ1) is 26.1. The number of ketones is 1. The molecule has 0 bridgehead atoms. The van der Waals surface area contributed by atoms with Crippen LogP contribution in [0, 0.1) is 11.2 Å². The molecular weight excluding hydrogens is 477 g/mol. The Balaban J connectivity index is 1.69. The highest BCUT2D eigenvalue weighted by Gasteiger charge is 2.33. The number of benzene rings is 2. The molecule has 0 radical (unpaired) electrons. The number of amidine groups is 1. The van der Waals surface area contributed by atoms with E-state index in [0.29, 0.717) is 28.8 Å². The molecule has 0 atom stereocenters. The van der Waals surface area contributed by atoms with E-state index in [4.69, 9.17) is 20.6 Å². The highest BCUT2D eigenvalue weighted by Crippen LogP contribution is 2.39. The van der Waals surface area contributed by atoms with Crippen LogP contribution in [0.2, 0.25) is 0 Å². The number of nitrogens with zero attached hydrogens (tertiary/aromatic N) is 3. The highest BCUT2D eigenvalue weighted by atomic mass is 19.1. The molecule has 0 fully saturated rings. The Morgan fingerprint density at radius 2 is 1.84 bits per heavy atom. The summed E-state index contributed by atoms with van der Waals surface area (Å²) in [6, 6.07) is 5.18. The van der Waals surface area contributed by atoms with Gasteiger partial charge in [0.25, 0.3) is 0 Å². The minimum absolute atomic E-state index is 0.0241. The van der Waals surface area contributed by atoms with Crippen LogP contribution in [-0.4, -0.2) is 51.7 Å². The van der Waals surface area contributed by atoms with E-state index in [1.165, 1.54) is 4.90 Å². The summed E-state index contributed by atoms with van der Waals surface area (Å²) >= 11 is 0. The molecule has 0 unspecified atom stereocenters. The molecule has 1 aliphatic heterocycles. The van der Waals surface area contributed by atoms with Gasteiger partial charge in [-0.15, -0.1) is 0 Å². The molecule has 0 spiro atoms. The van der Waals surface area contributed by atoms with Crippen molar-refractivity contribution in [2.45, 2.75) is 53.1 Å². The fourth-order valence-electron chi connectivity index (χ4n) is 4.61. The zero-order valence-corrected chi connectivity index (χ0v) is 21.8. The normalized spacial score (nSPS) is 13.2. The lowest BCUT2D eigenvalue weighted by molar-refractivity contribution is -0.118. The third kappa shape index (κ3) is 4.87. The highest BCUT2D eigenvalue weighted by molar-refractivity contribution is 6.07. The number of primary amides is 1. The number of ether oxygens (including phenoxy) is 2. The van der Waals surface area contributed by atoms with Crippen LogP contribution in [0.5, 0.6) is 11.5 Å². The molecular formula is C27H32FN5O4. The number of nitrogens with two attached hydrogens (primary N) is 1. The lowest BCUT2D eigenvalue weighted by Crippen LogP contribution is -2.30. The number of amides is 1. The number of aromatic nitrogens is 2. The molecule has 2 aromatic carbocycles. The van der Waals surface area contributed by atoms with Crippen molar-refractivity contribution in [1.82, 2.24) is 14.5 Å². The Bertz CT molecular complexity index is 1410. The van der Waals surface area contributed by atoms with Crippen molar-refractivity contribution in [3.8, 4) is 11.5 Å². The second-order valence-corrected chi connectivity index (χ2v) is 10.0. The second kappa shape index (κ2) is 9.84. The average molecular weight is 510 g/mol. The van der Waals surface area contributed by atoms with Crippen molar-refractivity contribution in [3.63, 3.8) is 0 Å². The maximum atomic E-state index is 15.4. The number of fused-ring (bicyclic) bond motifs is 2. The predicted octanol–water partition coefficient (Wildman–Crippen LogP) is 3.78. The summed E-state index contributed by atoms with van der Waals surface area (Å²) in [7, 11) is 0. The quantitative estimate of drug-likeness (QED) is 0.423. The number of imidazole rings is 1. The zero-order valence-electron chi connectivity index (χ0n) is 21.8. The summed E-state index contributed by atoms with van der Waals surface area (Å²) in [5.74, 6) is -1.24. The number of halogens is 1. The van der Waals surface area contributed by atoms with Gasteiger partial charge in [0.15, 0.2) is 23.1 Å². The third-order valence-electron chi connectivity index (χ3n) is 6.29. The van der Waals surface area contributed by atoms with Crippen LogP contribution in [0.15, 0.2) is 24.5 Å². The monoisotopic (exact) mass is 509 g/mol. The number of carbonyl (C=O) groups is 2. The number of carbonyl (C=O) groups excluding carboxylic acids is 2. The molecule has 10 heteroatoms. The van der Waals surface area contributed by atoms with Gasteiger partial charge in [-0.2, -0.15) is 0 Å². The van der Waals surface area contributed by atoms with Gasteiger partial charge < -0.3 is 24.7 Å². The van der Waals surface area contributed by atoms with Crippen molar-refractivity contribution < 1.29 is 23.5 Å². The van der Waals surface area contributed by atoms with Crippen LogP contribution in [0.3, 0.4) is 0 Å². The standard InChI is InChI=1S/C27H32FN5O4/c1-6-36-20-10-16-11-32(26(30)22(16)23(28)25(20)37-7-2)12-19(34)15-8-17(27(3,4)5)24-18(9-15)33(14-31-24)13-21(29)35/h8-10,14,30H,6-7,11-13H2,1-5H3,(H2,29,35). The number of hydrogen-bond acceptors (Lipinski definition) is 6. The van der Waals surface area contributed by atoms with E-state index in [1.807, 2.05) is 20.8 Å². The first-order valence-corrected chi connectivity index (χ1v) is 12.2. The van der Waals surface area contributed by atoms with E-state index >= 15 is 4.39 Å². The van der Waals surface area contributed by atoms with Gasteiger partial charge in [-0.05, 0) is 48.6 Å². The van der Waals surface area contributed by atoms with Gasteiger partial charge in [-0.1, -0.05) is 20.8 Å². The molecule has 9 nitrogen and oxygen atoms in total. The van der Waals surface area contributed by atoms with Crippen LogP contribution in [0.4, 0.5) is 4.39 Å². The van der Waals surface area contributed by atoms with Crippen LogP contribution < -0.4 is 15.2 Å². The van der Waals surface area contributed by atoms with Crippen LogP contribution in [-0.2, 0) is 23.3 Å². The van der Waals surface area contributed by atoms with Gasteiger partial charge in [0, 0.05) is 12.1 Å². The Kier molecular flexibility index (Phi) is 6.94. The van der Waals surface area contributed by atoms with Gasteiger partial charge >= 0.3 is 0 Å². The topological polar surface area (TPSA) is 124 Å². The second-order valence-electron chi connectivity index (χ2n) is 10.0. The summed E-state index contributed by atoms with van der Waals surface area (Å²) in [5, 5.41) is 8.62. The summed E-state index contributed by atoms with van der Waals surface area (Å²) in [4.78, 5) is 31.1. The lowest BCUT2D eigenvalue weighted by atomic mass is 9.84. The number of hydrogen-bond donors (Lipinski definition) is 2. The molecule has 3 aromatic rings. The molecule has 1 amide bonds. The molecule has 0 saturated carbocycles. The van der Waals surface area contributed by atoms with E-state index in [-0.39, 0.29) is 60.3 Å². The summed E-state index contributed by atoms with van der Waals surface area (Å²) in [6.45, 7) is 10.2. The zero-order chi connectivity index (χ0) is 27.1. The van der Waals surface area contributed by atoms with Gasteiger partial charge in [-0.25, -0.2) is 9.37 Å². The molecule has 1 aliphatic rings. The first-order valence-electron chi connectivity index (χ1n) is 12.2. The molecule has 3 N–H and O–H groups in total. The Morgan fingerprint density at radius 1 is 1.14 bits per heavy atom. The molecule has 0 saturated heterocycles. The number of nitrogens with one attached hydrogen (secondary N) is 1. The Labute approximate surface area is 214 Å². The maximum Gasteiger partial charge on any atom is 0.237 e. The predicted molar refractivity (Wildman–Crippen MR) is 138 cm³/mol. The van der Waals surface area contributed by atoms with Crippen LogP contribution >= 0.6 is 0 Å². The molecule has 1 aromatic heterocycles. The summed E-state index contributed by atoms with van der Waals surface area (Å²) < 4.78 is 28.1. The third-order valence-corrected chi connectivity index (χ3v) is 6.29. The van der Waals surface area contributed by atoms with Gasteiger partial charge in [0.1, 0.15) is 12.4 Å². The maximum absolute atomic E-state index is 15.4. The minimum atomic E-state index is -0.658. The lowest BCUT2D eigenvalue weighted by Gasteiger charge is -2.22. The van der Waals surface area contributed by atoms with Crippen LogP contribution in [0.25, 0.3) is 11.0 Å². The van der Waals surface area contributed by atoms with Crippen molar-refractivity contribution in [2.24, 2.45) is 5.73 Å². The number of rotatable bonds is 9. The molecule has 196 valence electrons. The van der Waals surface area contributed by atoms with Crippen molar-refractivity contribution in [3.05, 3.63) is 52.6 Å². The Hall–Kier alpha value is -3.95. The van der Waals surface area contributed by atoms with Crippen molar-refractivity contribution >= 4 is 28.6 Å². The van der Waals surface area contributed by atoms with Crippen molar-refractivity contribution in [1.29, 1.82) is 5.41 Å². The average Bonchev–Trinajstić information content (AvgIpc) is 3.35. The fourth-order valence-corrected chi connectivity index (χ4v) is 4.61. The molecule has 37 heavy (non-hydrogen) atoms. The first-order chi connectivity index (χ1) is 17.5. The van der Waals surface area contributed by atoms with E-state index in [1.54, 1.807) is 42.9 Å². The van der Waals surface area contributed by atoms with Crippen LogP contribution in [0.1, 0.15) is 61.7 Å². The van der Waals surface area contributed by atoms with E-state index in [9.17, 15) is 9.59 Å². The molecule has 4 rings (SSSR count).